The number of nitrogen functional groups attached to an aromatic ring is 1. The number of hydrogen-bond donors (Lipinski definition) is 3. The van der Waals surface area contributed by atoms with Crippen molar-refractivity contribution in [2.45, 2.75) is 13.0 Å². The molecule has 2 heterocycles. The first-order chi connectivity index (χ1) is 8.70. The summed E-state index contributed by atoms with van der Waals surface area (Å²) in [5.74, 6) is 6.32. The highest BCUT2D eigenvalue weighted by molar-refractivity contribution is 9.10. The van der Waals surface area contributed by atoms with Crippen molar-refractivity contribution in [1.82, 2.24) is 15.0 Å². The highest BCUT2D eigenvalue weighted by Gasteiger charge is 2.09. The van der Waals surface area contributed by atoms with E-state index in [1.807, 2.05) is 25.3 Å². The van der Waals surface area contributed by atoms with Crippen LogP contribution in [0, 0.1) is 0 Å². The van der Waals surface area contributed by atoms with Gasteiger partial charge in [-0.3, -0.25) is 10.4 Å². The third-order valence-corrected chi connectivity index (χ3v) is 2.99. The van der Waals surface area contributed by atoms with E-state index < -0.39 is 0 Å². The van der Waals surface area contributed by atoms with Crippen LogP contribution < -0.4 is 16.6 Å². The molecule has 0 radical (unpaired) electrons. The number of aromatic nitrogens is 3. The summed E-state index contributed by atoms with van der Waals surface area (Å²) in [6.07, 6.45) is 5.20. The summed E-state index contributed by atoms with van der Waals surface area (Å²) < 4.78 is 0.775. The predicted molar refractivity (Wildman–Crippen MR) is 73.8 cm³/mol. The lowest BCUT2D eigenvalue weighted by atomic mass is 10.1. The first-order valence-corrected chi connectivity index (χ1v) is 6.15. The van der Waals surface area contributed by atoms with Crippen molar-refractivity contribution < 1.29 is 0 Å². The molecule has 0 saturated heterocycles. The molecule has 0 bridgehead atoms. The van der Waals surface area contributed by atoms with Crippen molar-refractivity contribution in [3.05, 3.63) is 40.8 Å². The summed E-state index contributed by atoms with van der Waals surface area (Å²) in [7, 11) is 0. The molecule has 1 unspecified atom stereocenters. The highest BCUT2D eigenvalue weighted by Crippen LogP contribution is 2.24. The van der Waals surface area contributed by atoms with E-state index in [2.05, 4.69) is 41.6 Å². The molecule has 0 spiro atoms. The van der Waals surface area contributed by atoms with Crippen LogP contribution in [-0.2, 0) is 0 Å². The first kappa shape index (κ1) is 12.7. The van der Waals surface area contributed by atoms with E-state index >= 15 is 0 Å². The molecule has 1 atom stereocenters. The van der Waals surface area contributed by atoms with Gasteiger partial charge in [-0.25, -0.2) is 10.8 Å². The maximum absolute atomic E-state index is 5.28. The fourth-order valence-electron chi connectivity index (χ4n) is 1.46. The molecule has 2 aromatic rings. The Morgan fingerprint density at radius 3 is 2.89 bits per heavy atom. The van der Waals surface area contributed by atoms with Crippen LogP contribution in [0.4, 0.5) is 11.8 Å². The molecule has 4 N–H and O–H groups in total. The molecular formula is C11H13BrN6. The Balaban J connectivity index is 2.18. The molecule has 0 aromatic carbocycles. The van der Waals surface area contributed by atoms with E-state index in [-0.39, 0.29) is 6.04 Å². The predicted octanol–water partition coefficient (Wildman–Crippen LogP) is 2.09. The SMILES string of the molecule is CC(Nc1nc(NN)ncc1Br)c1cccnc1. The van der Waals surface area contributed by atoms with Crippen molar-refractivity contribution in [3.8, 4) is 0 Å². The van der Waals surface area contributed by atoms with Gasteiger partial charge in [0.15, 0.2) is 0 Å². The number of pyridine rings is 1. The number of hydrogen-bond acceptors (Lipinski definition) is 6. The molecule has 0 aliphatic carbocycles. The Hall–Kier alpha value is -1.73. The quantitative estimate of drug-likeness (QED) is 0.592. The second-order valence-electron chi connectivity index (χ2n) is 3.69. The van der Waals surface area contributed by atoms with Crippen LogP contribution in [0.25, 0.3) is 0 Å². The van der Waals surface area contributed by atoms with Crippen LogP contribution >= 0.6 is 15.9 Å². The topological polar surface area (TPSA) is 88.8 Å². The van der Waals surface area contributed by atoms with Crippen LogP contribution in [-0.4, -0.2) is 15.0 Å². The third kappa shape index (κ3) is 2.93. The van der Waals surface area contributed by atoms with Crippen molar-refractivity contribution >= 4 is 27.7 Å². The highest BCUT2D eigenvalue weighted by atomic mass is 79.9. The maximum Gasteiger partial charge on any atom is 0.239 e. The summed E-state index contributed by atoms with van der Waals surface area (Å²) >= 11 is 3.39. The zero-order valence-corrected chi connectivity index (χ0v) is 11.3. The molecule has 2 rings (SSSR count). The Bertz CT molecular complexity index is 518. The van der Waals surface area contributed by atoms with Gasteiger partial charge in [0.05, 0.1) is 10.5 Å². The minimum Gasteiger partial charge on any atom is -0.362 e. The van der Waals surface area contributed by atoms with E-state index in [1.54, 1.807) is 12.4 Å². The summed E-state index contributed by atoms with van der Waals surface area (Å²) in [6.45, 7) is 2.03. The summed E-state index contributed by atoms with van der Waals surface area (Å²) in [4.78, 5) is 12.3. The van der Waals surface area contributed by atoms with Crippen molar-refractivity contribution in [1.29, 1.82) is 0 Å². The van der Waals surface area contributed by atoms with Crippen molar-refractivity contribution in [2.24, 2.45) is 5.84 Å². The molecule has 0 fully saturated rings. The monoisotopic (exact) mass is 308 g/mol. The number of anilines is 2. The van der Waals surface area contributed by atoms with E-state index in [0.717, 1.165) is 10.0 Å². The lowest BCUT2D eigenvalue weighted by Gasteiger charge is -2.15. The largest absolute Gasteiger partial charge is 0.362 e. The molecule has 0 aliphatic heterocycles. The number of nitrogens with zero attached hydrogens (tertiary/aromatic N) is 3. The van der Waals surface area contributed by atoms with Crippen LogP contribution in [0.15, 0.2) is 35.2 Å². The van der Waals surface area contributed by atoms with Gasteiger partial charge in [0.1, 0.15) is 5.82 Å². The molecular weight excluding hydrogens is 296 g/mol. The summed E-state index contributed by atoms with van der Waals surface area (Å²) in [6, 6.07) is 3.98. The third-order valence-electron chi connectivity index (χ3n) is 2.41. The Labute approximate surface area is 113 Å². The van der Waals surface area contributed by atoms with E-state index in [4.69, 9.17) is 5.84 Å². The standard InChI is InChI=1S/C11H13BrN6/c1-7(8-3-2-4-14-5-8)16-10-9(12)6-15-11(17-10)18-13/h2-7H,13H2,1H3,(H2,15,16,17,18). The van der Waals surface area contributed by atoms with Gasteiger partial charge in [-0.15, -0.1) is 0 Å². The minimum absolute atomic E-state index is 0.0792. The van der Waals surface area contributed by atoms with E-state index in [0.29, 0.717) is 11.8 Å². The smallest absolute Gasteiger partial charge is 0.239 e. The normalized spacial score (nSPS) is 11.9. The van der Waals surface area contributed by atoms with Crippen molar-refractivity contribution in [2.75, 3.05) is 10.7 Å². The van der Waals surface area contributed by atoms with Gasteiger partial charge < -0.3 is 5.32 Å². The maximum atomic E-state index is 5.28. The minimum atomic E-state index is 0.0792. The fraction of sp³-hybridized carbons (Fsp3) is 0.182. The van der Waals surface area contributed by atoms with Gasteiger partial charge >= 0.3 is 0 Å². The zero-order valence-electron chi connectivity index (χ0n) is 9.76. The number of hydrazine groups is 1. The number of nitrogens with one attached hydrogen (secondary N) is 2. The van der Waals surface area contributed by atoms with Crippen molar-refractivity contribution in [3.63, 3.8) is 0 Å². The van der Waals surface area contributed by atoms with Gasteiger partial charge in [0.25, 0.3) is 0 Å². The molecule has 18 heavy (non-hydrogen) atoms. The number of halogens is 1. The lowest BCUT2D eigenvalue weighted by molar-refractivity contribution is 0.862. The Kier molecular flexibility index (Phi) is 4.06. The van der Waals surface area contributed by atoms with Gasteiger partial charge in [-0.2, -0.15) is 4.98 Å². The van der Waals surface area contributed by atoms with Crippen LogP contribution in [0.3, 0.4) is 0 Å². The first-order valence-electron chi connectivity index (χ1n) is 5.36. The second kappa shape index (κ2) is 5.74. The van der Waals surface area contributed by atoms with Gasteiger partial charge in [0.2, 0.25) is 5.95 Å². The number of nitrogens with two attached hydrogens (primary N) is 1. The molecule has 2 aromatic heterocycles. The lowest BCUT2D eigenvalue weighted by Crippen LogP contribution is -2.13. The average molecular weight is 309 g/mol. The van der Waals surface area contributed by atoms with Gasteiger partial charge in [-0.05, 0) is 34.5 Å². The Morgan fingerprint density at radius 2 is 2.22 bits per heavy atom. The van der Waals surface area contributed by atoms with E-state index in [9.17, 15) is 0 Å². The van der Waals surface area contributed by atoms with Crippen LogP contribution in [0.1, 0.15) is 18.5 Å². The zero-order chi connectivity index (χ0) is 13.0. The van der Waals surface area contributed by atoms with Gasteiger partial charge in [-0.1, -0.05) is 6.07 Å². The summed E-state index contributed by atoms with van der Waals surface area (Å²) in [5.41, 5.74) is 3.49. The Morgan fingerprint density at radius 1 is 1.39 bits per heavy atom. The van der Waals surface area contributed by atoms with Gasteiger partial charge in [0, 0.05) is 18.6 Å². The fourth-order valence-corrected chi connectivity index (χ4v) is 1.76. The molecule has 0 amide bonds. The average Bonchev–Trinajstić information content (AvgIpc) is 2.42. The second-order valence-corrected chi connectivity index (χ2v) is 4.54. The molecule has 7 heteroatoms. The van der Waals surface area contributed by atoms with Crippen LogP contribution in [0.2, 0.25) is 0 Å². The summed E-state index contributed by atoms with van der Waals surface area (Å²) in [5, 5.41) is 3.27. The molecule has 6 nitrogen and oxygen atoms in total. The van der Waals surface area contributed by atoms with Crippen LogP contribution in [0.5, 0.6) is 0 Å². The molecule has 0 aliphatic rings. The van der Waals surface area contributed by atoms with E-state index in [1.165, 1.54) is 0 Å². The molecule has 0 saturated carbocycles. The number of rotatable bonds is 4. The molecule has 94 valence electrons.